The van der Waals surface area contributed by atoms with Gasteiger partial charge in [0.25, 0.3) is 0 Å². The Morgan fingerprint density at radius 1 is 1.20 bits per heavy atom. The summed E-state index contributed by atoms with van der Waals surface area (Å²) in [5, 5.41) is 0. The van der Waals surface area contributed by atoms with Crippen molar-refractivity contribution in [1.82, 2.24) is 0 Å². The van der Waals surface area contributed by atoms with E-state index in [-0.39, 0.29) is 11.9 Å². The molecular formula is C13H26O2. The Kier molecular flexibility index (Phi) is 8.44. The lowest BCUT2D eigenvalue weighted by atomic mass is 9.80. The second-order valence-electron chi connectivity index (χ2n) is 4.03. The maximum Gasteiger partial charge on any atom is 0.308 e. The van der Waals surface area contributed by atoms with E-state index < -0.39 is 0 Å². The van der Waals surface area contributed by atoms with Gasteiger partial charge in [0.15, 0.2) is 0 Å². The molecule has 0 N–H and O–H groups in total. The van der Waals surface area contributed by atoms with Gasteiger partial charge in [-0.25, -0.2) is 0 Å². The molecule has 0 aliphatic heterocycles. The molecule has 1 saturated carbocycles. The van der Waals surface area contributed by atoms with Crippen LogP contribution in [-0.4, -0.2) is 13.1 Å². The van der Waals surface area contributed by atoms with Gasteiger partial charge in [-0.1, -0.05) is 33.6 Å². The Morgan fingerprint density at radius 2 is 1.73 bits per heavy atom. The number of methoxy groups -OCH3 is 1. The van der Waals surface area contributed by atoms with Crippen LogP contribution in [0.3, 0.4) is 0 Å². The van der Waals surface area contributed by atoms with Crippen LogP contribution >= 0.6 is 0 Å². The zero-order chi connectivity index (χ0) is 11.7. The standard InChI is InChI=1S/C11H20O2.C2H6/c1-3-4-9-5-7-10(8-6-9)11(12)13-2;1-2/h9-10H,3-8H2,1-2H3;1-2H3. The highest BCUT2D eigenvalue weighted by Gasteiger charge is 2.26. The molecule has 2 heteroatoms. The van der Waals surface area contributed by atoms with Crippen LogP contribution in [0.15, 0.2) is 0 Å². The highest BCUT2D eigenvalue weighted by atomic mass is 16.5. The van der Waals surface area contributed by atoms with Crippen LogP contribution in [0.5, 0.6) is 0 Å². The minimum absolute atomic E-state index is 0.00468. The molecular weight excluding hydrogens is 188 g/mol. The van der Waals surface area contributed by atoms with E-state index in [0.717, 1.165) is 18.8 Å². The smallest absolute Gasteiger partial charge is 0.308 e. The fraction of sp³-hybridized carbons (Fsp3) is 0.923. The fourth-order valence-electron chi connectivity index (χ4n) is 2.26. The number of hydrogen-bond acceptors (Lipinski definition) is 2. The first-order chi connectivity index (χ1) is 7.27. The van der Waals surface area contributed by atoms with Gasteiger partial charge in [-0.05, 0) is 31.6 Å². The van der Waals surface area contributed by atoms with Crippen molar-refractivity contribution in [3.05, 3.63) is 0 Å². The van der Waals surface area contributed by atoms with E-state index in [2.05, 4.69) is 6.92 Å². The normalized spacial score (nSPS) is 25.1. The molecule has 1 rings (SSSR count). The second-order valence-corrected chi connectivity index (χ2v) is 4.03. The Bertz CT molecular complexity index is 158. The molecule has 0 unspecified atom stereocenters. The highest BCUT2D eigenvalue weighted by Crippen LogP contribution is 2.31. The Morgan fingerprint density at radius 3 is 2.13 bits per heavy atom. The van der Waals surface area contributed by atoms with E-state index in [4.69, 9.17) is 4.74 Å². The lowest BCUT2D eigenvalue weighted by Crippen LogP contribution is -2.22. The Hall–Kier alpha value is -0.530. The van der Waals surface area contributed by atoms with Crippen LogP contribution in [-0.2, 0) is 9.53 Å². The molecule has 0 aromatic heterocycles. The first-order valence-corrected chi connectivity index (χ1v) is 6.35. The van der Waals surface area contributed by atoms with Gasteiger partial charge in [0.1, 0.15) is 0 Å². The maximum absolute atomic E-state index is 11.2. The molecule has 0 amide bonds. The molecule has 0 bridgehead atoms. The lowest BCUT2D eigenvalue weighted by Gasteiger charge is -2.26. The molecule has 1 fully saturated rings. The zero-order valence-corrected chi connectivity index (χ0v) is 10.7. The summed E-state index contributed by atoms with van der Waals surface area (Å²) in [5.41, 5.74) is 0. The van der Waals surface area contributed by atoms with Crippen molar-refractivity contribution in [2.75, 3.05) is 7.11 Å². The second kappa shape index (κ2) is 8.75. The monoisotopic (exact) mass is 214 g/mol. The van der Waals surface area contributed by atoms with Gasteiger partial charge in [-0.15, -0.1) is 0 Å². The summed E-state index contributed by atoms with van der Waals surface area (Å²) in [6, 6.07) is 0. The molecule has 0 saturated heterocycles. The molecule has 0 radical (unpaired) electrons. The Balaban J connectivity index is 0.000000921. The first-order valence-electron chi connectivity index (χ1n) is 6.35. The first kappa shape index (κ1) is 14.5. The number of carbonyl (C=O) groups excluding carboxylic acids is 1. The summed E-state index contributed by atoms with van der Waals surface area (Å²) in [4.78, 5) is 11.2. The molecule has 0 aromatic carbocycles. The van der Waals surface area contributed by atoms with Crippen LogP contribution in [0.1, 0.15) is 59.3 Å². The Labute approximate surface area is 94.4 Å². The highest BCUT2D eigenvalue weighted by molar-refractivity contribution is 5.72. The molecule has 2 nitrogen and oxygen atoms in total. The van der Waals surface area contributed by atoms with Crippen LogP contribution in [0.25, 0.3) is 0 Å². The van der Waals surface area contributed by atoms with E-state index in [0.29, 0.717) is 0 Å². The average molecular weight is 214 g/mol. The zero-order valence-electron chi connectivity index (χ0n) is 10.7. The fourth-order valence-corrected chi connectivity index (χ4v) is 2.26. The quantitative estimate of drug-likeness (QED) is 0.668. The molecule has 0 spiro atoms. The number of carbonyl (C=O) groups is 1. The molecule has 15 heavy (non-hydrogen) atoms. The third-order valence-electron chi connectivity index (χ3n) is 3.08. The van der Waals surface area contributed by atoms with Crippen LogP contribution in [0.2, 0.25) is 0 Å². The third kappa shape index (κ3) is 5.19. The topological polar surface area (TPSA) is 26.3 Å². The van der Waals surface area contributed by atoms with Crippen LogP contribution < -0.4 is 0 Å². The van der Waals surface area contributed by atoms with Gasteiger partial charge in [0, 0.05) is 0 Å². The van der Waals surface area contributed by atoms with E-state index >= 15 is 0 Å². The van der Waals surface area contributed by atoms with Crippen molar-refractivity contribution in [3.63, 3.8) is 0 Å². The van der Waals surface area contributed by atoms with E-state index in [1.807, 2.05) is 13.8 Å². The van der Waals surface area contributed by atoms with E-state index in [1.54, 1.807) is 0 Å². The third-order valence-corrected chi connectivity index (χ3v) is 3.08. The predicted octanol–water partition coefficient (Wildman–Crippen LogP) is 3.79. The van der Waals surface area contributed by atoms with Crippen molar-refractivity contribution >= 4 is 5.97 Å². The summed E-state index contributed by atoms with van der Waals surface area (Å²) in [6.07, 6.45) is 7.11. The van der Waals surface area contributed by atoms with E-state index in [9.17, 15) is 4.79 Å². The van der Waals surface area contributed by atoms with Crippen LogP contribution in [0, 0.1) is 11.8 Å². The number of hydrogen-bond donors (Lipinski definition) is 0. The van der Waals surface area contributed by atoms with E-state index in [1.165, 1.54) is 32.8 Å². The van der Waals surface area contributed by atoms with Crippen molar-refractivity contribution in [3.8, 4) is 0 Å². The molecule has 1 aliphatic rings. The van der Waals surface area contributed by atoms with Crippen molar-refractivity contribution in [1.29, 1.82) is 0 Å². The summed E-state index contributed by atoms with van der Waals surface area (Å²) >= 11 is 0. The number of rotatable bonds is 3. The largest absolute Gasteiger partial charge is 0.469 e. The molecule has 0 atom stereocenters. The minimum atomic E-state index is -0.00468. The summed E-state index contributed by atoms with van der Waals surface area (Å²) in [5.74, 6) is 1.05. The van der Waals surface area contributed by atoms with Crippen LogP contribution in [0.4, 0.5) is 0 Å². The predicted molar refractivity (Wildman–Crippen MR) is 63.7 cm³/mol. The SMILES string of the molecule is CC.CCCC1CCC(C(=O)OC)CC1. The maximum atomic E-state index is 11.2. The summed E-state index contributed by atoms with van der Waals surface area (Å²) in [6.45, 7) is 6.23. The van der Waals surface area contributed by atoms with Gasteiger partial charge >= 0.3 is 5.97 Å². The van der Waals surface area contributed by atoms with Crippen molar-refractivity contribution in [2.24, 2.45) is 11.8 Å². The van der Waals surface area contributed by atoms with Gasteiger partial charge in [0.2, 0.25) is 0 Å². The lowest BCUT2D eigenvalue weighted by molar-refractivity contribution is -0.146. The minimum Gasteiger partial charge on any atom is -0.469 e. The number of esters is 1. The molecule has 0 aromatic rings. The van der Waals surface area contributed by atoms with Gasteiger partial charge in [-0.2, -0.15) is 0 Å². The van der Waals surface area contributed by atoms with Gasteiger partial charge in [0.05, 0.1) is 13.0 Å². The average Bonchev–Trinajstić information content (AvgIpc) is 2.32. The molecule has 0 heterocycles. The molecule has 90 valence electrons. The number of ether oxygens (including phenoxy) is 1. The van der Waals surface area contributed by atoms with Crippen molar-refractivity contribution in [2.45, 2.75) is 59.3 Å². The van der Waals surface area contributed by atoms with Crippen molar-refractivity contribution < 1.29 is 9.53 Å². The van der Waals surface area contributed by atoms with Gasteiger partial charge in [-0.3, -0.25) is 4.79 Å². The van der Waals surface area contributed by atoms with Gasteiger partial charge < -0.3 is 4.74 Å². The summed E-state index contributed by atoms with van der Waals surface area (Å²) < 4.78 is 4.75. The molecule has 1 aliphatic carbocycles. The summed E-state index contributed by atoms with van der Waals surface area (Å²) in [7, 11) is 1.49.